The quantitative estimate of drug-likeness (QED) is 0.748. The molecule has 0 saturated heterocycles. The molecular formula is C14H8F3N. The van der Waals surface area contributed by atoms with Crippen LogP contribution in [-0.4, -0.2) is 0 Å². The van der Waals surface area contributed by atoms with Gasteiger partial charge in [0.15, 0.2) is 0 Å². The molecule has 0 saturated carbocycles. The molecule has 18 heavy (non-hydrogen) atoms. The van der Waals surface area contributed by atoms with Crippen LogP contribution in [0.5, 0.6) is 0 Å². The number of nitrogens with zero attached hydrogens (tertiary/aromatic N) is 1. The minimum absolute atomic E-state index is 0.114. The van der Waals surface area contributed by atoms with Gasteiger partial charge in [-0.1, -0.05) is 12.1 Å². The maximum Gasteiger partial charge on any atom is 0.135 e. The van der Waals surface area contributed by atoms with Crippen molar-refractivity contribution in [2.45, 2.75) is 6.92 Å². The van der Waals surface area contributed by atoms with E-state index in [0.29, 0.717) is 5.56 Å². The summed E-state index contributed by atoms with van der Waals surface area (Å²) in [6.07, 6.45) is 0. The van der Waals surface area contributed by atoms with E-state index in [0.717, 1.165) is 18.2 Å². The first-order valence-corrected chi connectivity index (χ1v) is 5.19. The predicted molar refractivity (Wildman–Crippen MR) is 61.2 cm³/mol. The molecule has 0 heterocycles. The lowest BCUT2D eigenvalue weighted by molar-refractivity contribution is 0.581. The summed E-state index contributed by atoms with van der Waals surface area (Å²) in [5.41, 5.74) is -0.262. The summed E-state index contributed by atoms with van der Waals surface area (Å²) in [4.78, 5) is 0. The van der Waals surface area contributed by atoms with Crippen molar-refractivity contribution >= 4 is 0 Å². The normalized spacial score (nSPS) is 10.2. The average Bonchev–Trinajstić information content (AvgIpc) is 2.31. The maximum absolute atomic E-state index is 13.8. The van der Waals surface area contributed by atoms with Gasteiger partial charge in [0, 0.05) is 5.56 Å². The molecule has 0 radical (unpaired) electrons. The molecule has 0 spiro atoms. The van der Waals surface area contributed by atoms with Gasteiger partial charge in [-0.15, -0.1) is 0 Å². The molecule has 4 heteroatoms. The minimum atomic E-state index is -0.945. The van der Waals surface area contributed by atoms with Gasteiger partial charge in [-0.3, -0.25) is 0 Å². The Labute approximate surface area is 102 Å². The van der Waals surface area contributed by atoms with Crippen molar-refractivity contribution in [2.24, 2.45) is 0 Å². The Morgan fingerprint density at radius 1 is 0.944 bits per heavy atom. The Balaban J connectivity index is 2.77. The Kier molecular flexibility index (Phi) is 3.07. The largest absolute Gasteiger partial charge is 0.206 e. The molecule has 0 aliphatic heterocycles. The molecule has 0 bridgehead atoms. The smallest absolute Gasteiger partial charge is 0.135 e. The van der Waals surface area contributed by atoms with Crippen LogP contribution >= 0.6 is 0 Å². The monoisotopic (exact) mass is 247 g/mol. The molecule has 0 amide bonds. The molecule has 0 N–H and O–H groups in total. The first-order valence-electron chi connectivity index (χ1n) is 5.19. The predicted octanol–water partition coefficient (Wildman–Crippen LogP) is 3.95. The number of halogens is 3. The summed E-state index contributed by atoms with van der Waals surface area (Å²) >= 11 is 0. The summed E-state index contributed by atoms with van der Waals surface area (Å²) in [5.74, 6) is -2.59. The third-order valence-electron chi connectivity index (χ3n) is 2.64. The van der Waals surface area contributed by atoms with Crippen LogP contribution < -0.4 is 0 Å². The van der Waals surface area contributed by atoms with Crippen molar-refractivity contribution in [3.05, 3.63) is 58.9 Å². The van der Waals surface area contributed by atoms with Crippen molar-refractivity contribution in [2.75, 3.05) is 0 Å². The summed E-state index contributed by atoms with van der Waals surface area (Å²) < 4.78 is 41.3. The first kappa shape index (κ1) is 12.2. The zero-order valence-corrected chi connectivity index (χ0v) is 9.47. The molecule has 2 aromatic rings. The molecule has 0 unspecified atom stereocenters. The molecule has 0 aliphatic rings. The lowest BCUT2D eigenvalue weighted by Crippen LogP contribution is -1.97. The zero-order valence-electron chi connectivity index (χ0n) is 9.47. The van der Waals surface area contributed by atoms with E-state index in [-0.39, 0.29) is 11.1 Å². The topological polar surface area (TPSA) is 23.8 Å². The van der Waals surface area contributed by atoms with Crippen molar-refractivity contribution in [1.29, 1.82) is 5.26 Å². The highest BCUT2D eigenvalue weighted by Gasteiger charge is 2.18. The highest BCUT2D eigenvalue weighted by Crippen LogP contribution is 2.31. The van der Waals surface area contributed by atoms with Gasteiger partial charge in [-0.25, -0.2) is 13.2 Å². The molecule has 0 aromatic heterocycles. The van der Waals surface area contributed by atoms with E-state index in [4.69, 9.17) is 5.26 Å². The van der Waals surface area contributed by atoms with Gasteiger partial charge in [0.05, 0.1) is 17.2 Å². The van der Waals surface area contributed by atoms with E-state index in [9.17, 15) is 13.2 Å². The second-order valence-electron chi connectivity index (χ2n) is 3.86. The van der Waals surface area contributed by atoms with Gasteiger partial charge in [0.2, 0.25) is 0 Å². The van der Waals surface area contributed by atoms with Crippen molar-refractivity contribution in [3.63, 3.8) is 0 Å². The van der Waals surface area contributed by atoms with Gasteiger partial charge in [0.25, 0.3) is 0 Å². The molecule has 0 atom stereocenters. The Morgan fingerprint density at radius 2 is 1.56 bits per heavy atom. The SMILES string of the molecule is Cc1cccc(F)c1-c1c(F)cc(C#N)cc1F. The van der Waals surface area contributed by atoms with E-state index in [1.165, 1.54) is 6.07 Å². The fourth-order valence-electron chi connectivity index (χ4n) is 1.83. The van der Waals surface area contributed by atoms with Crippen LogP contribution in [0.1, 0.15) is 11.1 Å². The molecule has 2 aromatic carbocycles. The second kappa shape index (κ2) is 4.53. The van der Waals surface area contributed by atoms with Crippen LogP contribution in [0.3, 0.4) is 0 Å². The average molecular weight is 247 g/mol. The standard InChI is InChI=1S/C14H8F3N/c1-8-3-2-4-10(15)13(8)14-11(16)5-9(7-18)6-12(14)17/h2-6H,1H3. The molecule has 0 aliphatic carbocycles. The van der Waals surface area contributed by atoms with Gasteiger partial charge < -0.3 is 0 Å². The van der Waals surface area contributed by atoms with Crippen LogP contribution in [0.2, 0.25) is 0 Å². The number of benzene rings is 2. The van der Waals surface area contributed by atoms with E-state index in [1.54, 1.807) is 19.1 Å². The fourth-order valence-corrected chi connectivity index (χ4v) is 1.83. The van der Waals surface area contributed by atoms with Gasteiger partial charge >= 0.3 is 0 Å². The third-order valence-corrected chi connectivity index (χ3v) is 2.64. The molecule has 1 nitrogen and oxygen atoms in total. The number of hydrogen-bond acceptors (Lipinski definition) is 1. The van der Waals surface area contributed by atoms with E-state index in [1.807, 2.05) is 0 Å². The van der Waals surface area contributed by atoms with Gasteiger partial charge in [-0.05, 0) is 30.7 Å². The number of aryl methyl sites for hydroxylation is 1. The van der Waals surface area contributed by atoms with E-state index < -0.39 is 23.0 Å². The van der Waals surface area contributed by atoms with Crippen molar-refractivity contribution in [1.82, 2.24) is 0 Å². The van der Waals surface area contributed by atoms with Gasteiger partial charge in [0.1, 0.15) is 17.5 Å². The van der Waals surface area contributed by atoms with Crippen LogP contribution in [0.4, 0.5) is 13.2 Å². The van der Waals surface area contributed by atoms with Crippen LogP contribution in [0.15, 0.2) is 30.3 Å². The Hall–Kier alpha value is -2.28. The Bertz CT molecular complexity index is 613. The van der Waals surface area contributed by atoms with Crippen molar-refractivity contribution in [3.8, 4) is 17.2 Å². The van der Waals surface area contributed by atoms with Crippen molar-refractivity contribution < 1.29 is 13.2 Å². The lowest BCUT2D eigenvalue weighted by Gasteiger charge is -2.10. The summed E-state index contributed by atoms with van der Waals surface area (Å²) in [6, 6.07) is 7.60. The summed E-state index contributed by atoms with van der Waals surface area (Å²) in [5, 5.41) is 8.60. The molecule has 2 rings (SSSR count). The maximum atomic E-state index is 13.8. The molecular weight excluding hydrogens is 239 g/mol. The van der Waals surface area contributed by atoms with Crippen LogP contribution in [0.25, 0.3) is 11.1 Å². The summed E-state index contributed by atoms with van der Waals surface area (Å²) in [7, 11) is 0. The number of nitriles is 1. The number of hydrogen-bond donors (Lipinski definition) is 0. The highest BCUT2D eigenvalue weighted by molar-refractivity contribution is 5.69. The van der Waals surface area contributed by atoms with Crippen LogP contribution in [0, 0.1) is 35.7 Å². The van der Waals surface area contributed by atoms with E-state index >= 15 is 0 Å². The van der Waals surface area contributed by atoms with Crippen LogP contribution in [-0.2, 0) is 0 Å². The minimum Gasteiger partial charge on any atom is -0.206 e. The van der Waals surface area contributed by atoms with E-state index in [2.05, 4.69) is 0 Å². The second-order valence-corrected chi connectivity index (χ2v) is 3.86. The third kappa shape index (κ3) is 1.95. The first-order chi connectivity index (χ1) is 8.54. The molecule has 90 valence electrons. The summed E-state index contributed by atoms with van der Waals surface area (Å²) in [6.45, 7) is 1.56. The highest BCUT2D eigenvalue weighted by atomic mass is 19.1. The zero-order chi connectivity index (χ0) is 13.3. The molecule has 0 fully saturated rings. The van der Waals surface area contributed by atoms with Gasteiger partial charge in [-0.2, -0.15) is 5.26 Å². The Morgan fingerprint density at radius 3 is 2.06 bits per heavy atom. The number of rotatable bonds is 1. The lowest BCUT2D eigenvalue weighted by atomic mass is 9.98. The fraction of sp³-hybridized carbons (Fsp3) is 0.0714.